The molecule has 1 atom stereocenters. The molecule has 2 N–H and O–H groups in total. The fraction of sp³-hybridized carbons (Fsp3) is 0.588. The Bertz CT molecular complexity index is 433. The van der Waals surface area contributed by atoms with Crippen molar-refractivity contribution in [3.8, 4) is 0 Å². The molecule has 1 aromatic carbocycles. The van der Waals surface area contributed by atoms with Gasteiger partial charge in [-0.05, 0) is 43.2 Å². The number of hydrogen-bond donors (Lipinski definition) is 1. The molecular weight excluding hydrogens is 284 g/mol. The van der Waals surface area contributed by atoms with E-state index in [1.54, 1.807) is 0 Å². The van der Waals surface area contributed by atoms with E-state index in [1.807, 2.05) is 4.90 Å². The lowest BCUT2D eigenvalue weighted by Crippen LogP contribution is -2.47. The normalized spacial score (nSPS) is 18.2. The number of carbonyl (C=O) groups is 1. The molecule has 21 heavy (non-hydrogen) atoms. The Morgan fingerprint density at radius 2 is 1.90 bits per heavy atom. The second-order valence-corrected chi connectivity index (χ2v) is 5.64. The topological polar surface area (TPSA) is 46.3 Å². The van der Waals surface area contributed by atoms with Crippen LogP contribution in [0.4, 0.5) is 0 Å². The lowest BCUT2D eigenvalue weighted by atomic mass is 10.0. The van der Waals surface area contributed by atoms with Gasteiger partial charge in [0, 0.05) is 25.6 Å². The van der Waals surface area contributed by atoms with Gasteiger partial charge in [-0.15, -0.1) is 12.4 Å². The van der Waals surface area contributed by atoms with Crippen LogP contribution in [0.25, 0.3) is 0 Å². The number of rotatable bonds is 5. The summed E-state index contributed by atoms with van der Waals surface area (Å²) in [7, 11) is 0. The number of aryl methyl sites for hydroxylation is 2. The van der Waals surface area contributed by atoms with Gasteiger partial charge in [-0.25, -0.2) is 0 Å². The molecule has 0 spiro atoms. The monoisotopic (exact) mass is 310 g/mol. The minimum atomic E-state index is 0. The molecule has 0 radical (unpaired) electrons. The van der Waals surface area contributed by atoms with E-state index in [2.05, 4.69) is 31.2 Å². The molecule has 0 aromatic heterocycles. The predicted molar refractivity (Wildman–Crippen MR) is 89.8 cm³/mol. The maximum absolute atomic E-state index is 12.3. The minimum Gasteiger partial charge on any atom is -0.338 e. The summed E-state index contributed by atoms with van der Waals surface area (Å²) in [5.74, 6) is 0.264. The Hall–Kier alpha value is -1.06. The number of piperidine rings is 1. The maximum Gasteiger partial charge on any atom is 0.223 e. The summed E-state index contributed by atoms with van der Waals surface area (Å²) < 4.78 is 0. The van der Waals surface area contributed by atoms with Crippen LogP contribution in [-0.4, -0.2) is 29.9 Å². The standard InChI is InChI=1S/C17H26N2O.ClH/c1-2-14-6-8-15(9-7-14)10-11-17(20)19-12-4-3-5-16(19)13-18;/h6-9,16H,2-5,10-13,18H2,1H3;1H. The maximum atomic E-state index is 12.3. The third-order valence-corrected chi connectivity index (χ3v) is 4.28. The molecule has 1 amide bonds. The third-order valence-electron chi connectivity index (χ3n) is 4.28. The van der Waals surface area contributed by atoms with Gasteiger partial charge in [-0.3, -0.25) is 4.79 Å². The van der Waals surface area contributed by atoms with Gasteiger partial charge in [0.25, 0.3) is 0 Å². The highest BCUT2D eigenvalue weighted by Gasteiger charge is 2.24. The van der Waals surface area contributed by atoms with Crippen molar-refractivity contribution in [3.63, 3.8) is 0 Å². The first-order valence-corrected chi connectivity index (χ1v) is 7.82. The van der Waals surface area contributed by atoms with Crippen molar-refractivity contribution >= 4 is 18.3 Å². The summed E-state index contributed by atoms with van der Waals surface area (Å²) in [6, 6.07) is 8.86. The van der Waals surface area contributed by atoms with E-state index in [0.29, 0.717) is 13.0 Å². The Balaban J connectivity index is 0.00000220. The van der Waals surface area contributed by atoms with E-state index < -0.39 is 0 Å². The van der Waals surface area contributed by atoms with Gasteiger partial charge in [0.1, 0.15) is 0 Å². The van der Waals surface area contributed by atoms with Gasteiger partial charge in [-0.1, -0.05) is 31.2 Å². The van der Waals surface area contributed by atoms with Crippen LogP contribution in [0.3, 0.4) is 0 Å². The van der Waals surface area contributed by atoms with Crippen molar-refractivity contribution < 1.29 is 4.79 Å². The summed E-state index contributed by atoms with van der Waals surface area (Å²) in [5, 5.41) is 0. The van der Waals surface area contributed by atoms with Crippen molar-refractivity contribution in [1.82, 2.24) is 4.90 Å². The van der Waals surface area contributed by atoms with E-state index >= 15 is 0 Å². The molecular formula is C17H27ClN2O. The first-order chi connectivity index (χ1) is 9.74. The molecule has 1 aromatic rings. The number of benzene rings is 1. The Morgan fingerprint density at radius 3 is 2.52 bits per heavy atom. The molecule has 4 heteroatoms. The number of halogens is 1. The van der Waals surface area contributed by atoms with Crippen LogP contribution in [0.15, 0.2) is 24.3 Å². The summed E-state index contributed by atoms with van der Waals surface area (Å²) in [4.78, 5) is 14.3. The van der Waals surface area contributed by atoms with Crippen LogP contribution in [0, 0.1) is 0 Å². The fourth-order valence-electron chi connectivity index (χ4n) is 2.91. The molecule has 118 valence electrons. The highest BCUT2D eigenvalue weighted by molar-refractivity contribution is 5.85. The largest absolute Gasteiger partial charge is 0.338 e. The van der Waals surface area contributed by atoms with E-state index in [9.17, 15) is 4.79 Å². The zero-order valence-corrected chi connectivity index (χ0v) is 13.7. The molecule has 0 bridgehead atoms. The predicted octanol–water partition coefficient (Wildman–Crippen LogP) is 2.94. The van der Waals surface area contributed by atoms with Crippen LogP contribution in [0.5, 0.6) is 0 Å². The van der Waals surface area contributed by atoms with Crippen molar-refractivity contribution in [2.75, 3.05) is 13.1 Å². The molecule has 1 saturated heterocycles. The smallest absolute Gasteiger partial charge is 0.223 e. The van der Waals surface area contributed by atoms with Gasteiger partial charge in [-0.2, -0.15) is 0 Å². The first-order valence-electron chi connectivity index (χ1n) is 7.82. The first kappa shape index (κ1) is 18.0. The molecule has 1 aliphatic heterocycles. The lowest BCUT2D eigenvalue weighted by Gasteiger charge is -2.35. The van der Waals surface area contributed by atoms with E-state index in [-0.39, 0.29) is 24.4 Å². The Morgan fingerprint density at radius 1 is 1.24 bits per heavy atom. The summed E-state index contributed by atoms with van der Waals surface area (Å²) in [5.41, 5.74) is 8.37. The quantitative estimate of drug-likeness (QED) is 0.909. The number of likely N-dealkylation sites (tertiary alicyclic amines) is 1. The zero-order valence-electron chi connectivity index (χ0n) is 12.9. The number of nitrogens with two attached hydrogens (primary N) is 1. The second kappa shape index (κ2) is 9.06. The van der Waals surface area contributed by atoms with Crippen LogP contribution in [-0.2, 0) is 17.6 Å². The molecule has 1 unspecified atom stereocenters. The highest BCUT2D eigenvalue weighted by atomic mass is 35.5. The lowest BCUT2D eigenvalue weighted by molar-refractivity contribution is -0.134. The highest BCUT2D eigenvalue weighted by Crippen LogP contribution is 2.18. The summed E-state index contributed by atoms with van der Waals surface area (Å²) >= 11 is 0. The van der Waals surface area contributed by atoms with E-state index in [0.717, 1.165) is 32.2 Å². The van der Waals surface area contributed by atoms with E-state index in [4.69, 9.17) is 5.73 Å². The van der Waals surface area contributed by atoms with Crippen molar-refractivity contribution in [3.05, 3.63) is 35.4 Å². The van der Waals surface area contributed by atoms with Crippen molar-refractivity contribution in [2.45, 2.75) is 51.5 Å². The Labute approximate surface area is 134 Å². The molecule has 1 heterocycles. The average molecular weight is 311 g/mol. The number of hydrogen-bond acceptors (Lipinski definition) is 2. The SMILES string of the molecule is CCc1ccc(CCC(=O)N2CCCCC2CN)cc1.Cl. The minimum absolute atomic E-state index is 0. The van der Waals surface area contributed by atoms with Gasteiger partial charge in [0.05, 0.1) is 0 Å². The van der Waals surface area contributed by atoms with Crippen molar-refractivity contribution in [2.24, 2.45) is 5.73 Å². The van der Waals surface area contributed by atoms with Crippen molar-refractivity contribution in [1.29, 1.82) is 0 Å². The number of nitrogens with zero attached hydrogens (tertiary/aromatic N) is 1. The van der Waals surface area contributed by atoms with Gasteiger partial charge < -0.3 is 10.6 Å². The molecule has 0 saturated carbocycles. The molecule has 0 aliphatic carbocycles. The van der Waals surface area contributed by atoms with Gasteiger partial charge >= 0.3 is 0 Å². The molecule has 1 fully saturated rings. The van der Waals surface area contributed by atoms with Gasteiger partial charge in [0.15, 0.2) is 0 Å². The Kier molecular flexibility index (Phi) is 7.76. The van der Waals surface area contributed by atoms with E-state index in [1.165, 1.54) is 17.5 Å². The van der Waals surface area contributed by atoms with Crippen LogP contribution >= 0.6 is 12.4 Å². The van der Waals surface area contributed by atoms with Gasteiger partial charge in [0.2, 0.25) is 5.91 Å². The van der Waals surface area contributed by atoms with Crippen LogP contribution < -0.4 is 5.73 Å². The molecule has 1 aliphatic rings. The average Bonchev–Trinajstić information content (AvgIpc) is 2.53. The zero-order chi connectivity index (χ0) is 14.4. The second-order valence-electron chi connectivity index (χ2n) is 5.64. The summed E-state index contributed by atoms with van der Waals surface area (Å²) in [6.45, 7) is 3.63. The number of carbonyl (C=O) groups excluding carboxylic acids is 1. The fourth-order valence-corrected chi connectivity index (χ4v) is 2.91. The van der Waals surface area contributed by atoms with Crippen LogP contribution in [0.1, 0.15) is 43.7 Å². The number of amides is 1. The third kappa shape index (κ3) is 5.01. The summed E-state index contributed by atoms with van der Waals surface area (Å²) in [6.07, 6.45) is 5.87. The van der Waals surface area contributed by atoms with Crippen LogP contribution in [0.2, 0.25) is 0 Å². The molecule has 3 nitrogen and oxygen atoms in total. The molecule has 2 rings (SSSR count).